The molecule has 0 aliphatic heterocycles. The van der Waals surface area contributed by atoms with Gasteiger partial charge in [0, 0.05) is 10.0 Å². The second-order valence-corrected chi connectivity index (χ2v) is 5.29. The van der Waals surface area contributed by atoms with Gasteiger partial charge in [-0.3, -0.25) is 4.79 Å². The molecular weight excluding hydrogens is 304 g/mol. The Morgan fingerprint density at radius 3 is 2.63 bits per heavy atom. The Balaban J connectivity index is 2.20. The van der Waals surface area contributed by atoms with Crippen LogP contribution in [0.3, 0.4) is 0 Å². The van der Waals surface area contributed by atoms with Crippen LogP contribution in [0, 0.1) is 6.92 Å². The van der Waals surface area contributed by atoms with Crippen LogP contribution < -0.4 is 4.74 Å². The first-order chi connectivity index (χ1) is 9.08. The van der Waals surface area contributed by atoms with Crippen molar-refractivity contribution in [2.45, 2.75) is 20.5 Å². The van der Waals surface area contributed by atoms with Crippen LogP contribution in [0.2, 0.25) is 0 Å². The summed E-state index contributed by atoms with van der Waals surface area (Å²) in [5.41, 5.74) is 2.74. The van der Waals surface area contributed by atoms with Gasteiger partial charge in [0.1, 0.15) is 12.4 Å². The van der Waals surface area contributed by atoms with Gasteiger partial charge < -0.3 is 4.74 Å². The number of aryl methyl sites for hydroxylation is 1. The van der Waals surface area contributed by atoms with Crippen molar-refractivity contribution in [2.75, 3.05) is 0 Å². The van der Waals surface area contributed by atoms with Crippen molar-refractivity contribution in [2.24, 2.45) is 0 Å². The van der Waals surface area contributed by atoms with E-state index in [0.29, 0.717) is 17.9 Å². The lowest BCUT2D eigenvalue weighted by Gasteiger charge is -2.11. The Morgan fingerprint density at radius 1 is 1.21 bits per heavy atom. The van der Waals surface area contributed by atoms with Gasteiger partial charge in [0.05, 0.1) is 5.56 Å². The first-order valence-corrected chi connectivity index (χ1v) is 6.85. The molecule has 0 aliphatic rings. The van der Waals surface area contributed by atoms with E-state index in [0.717, 1.165) is 15.6 Å². The van der Waals surface area contributed by atoms with Crippen LogP contribution in [-0.4, -0.2) is 5.78 Å². The zero-order chi connectivity index (χ0) is 13.8. The van der Waals surface area contributed by atoms with Crippen LogP contribution in [0.1, 0.15) is 28.4 Å². The summed E-state index contributed by atoms with van der Waals surface area (Å²) in [7, 11) is 0. The molecule has 0 spiro atoms. The Labute approximate surface area is 121 Å². The molecule has 0 bridgehead atoms. The zero-order valence-corrected chi connectivity index (χ0v) is 12.5. The van der Waals surface area contributed by atoms with Crippen molar-refractivity contribution >= 4 is 21.7 Å². The van der Waals surface area contributed by atoms with Crippen molar-refractivity contribution in [3.63, 3.8) is 0 Å². The molecule has 2 rings (SSSR count). The van der Waals surface area contributed by atoms with E-state index in [1.54, 1.807) is 6.92 Å². The third-order valence-electron chi connectivity index (χ3n) is 2.86. The van der Waals surface area contributed by atoms with E-state index in [9.17, 15) is 4.79 Å². The van der Waals surface area contributed by atoms with E-state index >= 15 is 0 Å². The minimum absolute atomic E-state index is 0.0193. The van der Waals surface area contributed by atoms with Crippen LogP contribution in [0.5, 0.6) is 5.75 Å². The summed E-state index contributed by atoms with van der Waals surface area (Å²) in [6, 6.07) is 13.5. The number of Topliss-reactive ketones (excluding diaryl/α,β-unsaturated/α-hetero) is 1. The lowest BCUT2D eigenvalue weighted by atomic mass is 10.1. The summed E-state index contributed by atoms with van der Waals surface area (Å²) in [6.45, 7) is 3.95. The molecule has 0 saturated carbocycles. The van der Waals surface area contributed by atoms with Gasteiger partial charge in [0.15, 0.2) is 5.78 Å². The Bertz CT molecular complexity index is 605. The van der Waals surface area contributed by atoms with Gasteiger partial charge in [-0.05, 0) is 32.0 Å². The van der Waals surface area contributed by atoms with Gasteiger partial charge in [-0.25, -0.2) is 0 Å². The Kier molecular flexibility index (Phi) is 4.38. The molecule has 0 aromatic heterocycles. The molecule has 0 fully saturated rings. The van der Waals surface area contributed by atoms with Gasteiger partial charge >= 0.3 is 0 Å². The summed E-state index contributed by atoms with van der Waals surface area (Å²) in [4.78, 5) is 11.6. The number of hydrogen-bond donors (Lipinski definition) is 0. The first-order valence-electron chi connectivity index (χ1n) is 6.05. The van der Waals surface area contributed by atoms with Gasteiger partial charge in [0.2, 0.25) is 0 Å². The average molecular weight is 319 g/mol. The lowest BCUT2D eigenvalue weighted by molar-refractivity contribution is 0.101. The highest BCUT2D eigenvalue weighted by atomic mass is 79.9. The Morgan fingerprint density at radius 2 is 1.95 bits per heavy atom. The summed E-state index contributed by atoms with van der Waals surface area (Å²) in [6.07, 6.45) is 0. The third-order valence-corrected chi connectivity index (χ3v) is 3.63. The maximum Gasteiger partial charge on any atom is 0.163 e. The molecule has 0 amide bonds. The van der Waals surface area contributed by atoms with Crippen molar-refractivity contribution < 1.29 is 9.53 Å². The van der Waals surface area contributed by atoms with Crippen LogP contribution in [-0.2, 0) is 6.61 Å². The molecule has 0 saturated heterocycles. The number of halogens is 1. The molecule has 3 heteroatoms. The highest BCUT2D eigenvalue weighted by molar-refractivity contribution is 9.10. The van der Waals surface area contributed by atoms with Crippen LogP contribution in [0.4, 0.5) is 0 Å². The molecule has 0 atom stereocenters. The number of rotatable bonds is 4. The van der Waals surface area contributed by atoms with Gasteiger partial charge in [-0.15, -0.1) is 0 Å². The van der Waals surface area contributed by atoms with Crippen molar-refractivity contribution in [1.29, 1.82) is 0 Å². The molecule has 2 nitrogen and oxygen atoms in total. The largest absolute Gasteiger partial charge is 0.488 e. The minimum atomic E-state index is 0.0193. The fourth-order valence-electron chi connectivity index (χ4n) is 1.82. The standard InChI is InChI=1S/C16H15BrO2/c1-11-7-8-16(14(9-11)12(2)18)19-10-13-5-3-4-6-15(13)17/h3-9H,10H2,1-2H3. The smallest absolute Gasteiger partial charge is 0.163 e. The molecule has 19 heavy (non-hydrogen) atoms. The van der Waals surface area contributed by atoms with E-state index in [2.05, 4.69) is 15.9 Å². The normalized spacial score (nSPS) is 10.3. The molecule has 0 unspecified atom stereocenters. The fourth-order valence-corrected chi connectivity index (χ4v) is 2.22. The predicted molar refractivity (Wildman–Crippen MR) is 79.7 cm³/mol. The monoisotopic (exact) mass is 318 g/mol. The molecule has 98 valence electrons. The lowest BCUT2D eigenvalue weighted by Crippen LogP contribution is -2.02. The quantitative estimate of drug-likeness (QED) is 0.774. The van der Waals surface area contributed by atoms with E-state index in [4.69, 9.17) is 4.74 Å². The second kappa shape index (κ2) is 6.02. The molecule has 0 radical (unpaired) electrons. The highest BCUT2D eigenvalue weighted by Crippen LogP contribution is 2.23. The van der Waals surface area contributed by atoms with Crippen LogP contribution in [0.15, 0.2) is 46.9 Å². The molecule has 0 aliphatic carbocycles. The first kappa shape index (κ1) is 13.8. The highest BCUT2D eigenvalue weighted by Gasteiger charge is 2.09. The molecule has 2 aromatic carbocycles. The van der Waals surface area contributed by atoms with Gasteiger partial charge in [-0.1, -0.05) is 45.8 Å². The summed E-state index contributed by atoms with van der Waals surface area (Å²) < 4.78 is 6.78. The van der Waals surface area contributed by atoms with E-state index in [1.807, 2.05) is 49.4 Å². The third kappa shape index (κ3) is 3.44. The number of hydrogen-bond acceptors (Lipinski definition) is 2. The predicted octanol–water partition coefficient (Wildman–Crippen LogP) is 4.54. The molecule has 0 heterocycles. The maximum absolute atomic E-state index is 11.6. The summed E-state index contributed by atoms with van der Waals surface area (Å²) in [5.74, 6) is 0.652. The second-order valence-electron chi connectivity index (χ2n) is 4.44. The van der Waals surface area contributed by atoms with E-state index in [1.165, 1.54) is 0 Å². The zero-order valence-electron chi connectivity index (χ0n) is 10.9. The number of benzene rings is 2. The maximum atomic E-state index is 11.6. The fraction of sp³-hybridized carbons (Fsp3) is 0.188. The molecular formula is C16H15BrO2. The number of carbonyl (C=O) groups excluding carboxylic acids is 1. The summed E-state index contributed by atoms with van der Waals surface area (Å²) in [5, 5.41) is 0. The molecule has 0 N–H and O–H groups in total. The van der Waals surface area contributed by atoms with E-state index < -0.39 is 0 Å². The van der Waals surface area contributed by atoms with Crippen LogP contribution >= 0.6 is 15.9 Å². The average Bonchev–Trinajstić information content (AvgIpc) is 2.38. The SMILES string of the molecule is CC(=O)c1cc(C)ccc1OCc1ccccc1Br. The Hall–Kier alpha value is -1.61. The van der Waals surface area contributed by atoms with Gasteiger partial charge in [-0.2, -0.15) is 0 Å². The molecule has 2 aromatic rings. The minimum Gasteiger partial charge on any atom is -0.488 e. The number of ether oxygens (including phenoxy) is 1. The number of carbonyl (C=O) groups is 1. The summed E-state index contributed by atoms with van der Waals surface area (Å²) >= 11 is 3.48. The van der Waals surface area contributed by atoms with Crippen molar-refractivity contribution in [3.05, 3.63) is 63.6 Å². The topological polar surface area (TPSA) is 26.3 Å². The van der Waals surface area contributed by atoms with Crippen molar-refractivity contribution in [1.82, 2.24) is 0 Å². The van der Waals surface area contributed by atoms with E-state index in [-0.39, 0.29) is 5.78 Å². The number of ketones is 1. The van der Waals surface area contributed by atoms with Crippen molar-refractivity contribution in [3.8, 4) is 5.75 Å². The van der Waals surface area contributed by atoms with Gasteiger partial charge in [0.25, 0.3) is 0 Å². The van der Waals surface area contributed by atoms with Crippen LogP contribution in [0.25, 0.3) is 0 Å².